The van der Waals surface area contributed by atoms with Crippen LogP contribution in [0.5, 0.6) is 5.75 Å². The monoisotopic (exact) mass is 304 g/mol. The van der Waals surface area contributed by atoms with Gasteiger partial charge in [-0.25, -0.2) is 0 Å². The Kier molecular flexibility index (Phi) is 4.03. The predicted molar refractivity (Wildman–Crippen MR) is 80.2 cm³/mol. The van der Waals surface area contributed by atoms with Crippen LogP contribution in [0.1, 0.15) is 5.89 Å². The van der Waals surface area contributed by atoms with E-state index in [0.717, 1.165) is 15.5 Å². The molecule has 0 unspecified atom stereocenters. The number of hydrogen-bond donors (Lipinski definition) is 0. The van der Waals surface area contributed by atoms with Gasteiger partial charge < -0.3 is 9.26 Å². The molecule has 3 aromatic rings. The summed E-state index contributed by atoms with van der Waals surface area (Å²) >= 11 is 3.26. The molecule has 102 valence electrons. The van der Waals surface area contributed by atoms with Gasteiger partial charge in [-0.05, 0) is 35.7 Å². The molecule has 3 rings (SSSR count). The van der Waals surface area contributed by atoms with Crippen LogP contribution in [-0.4, -0.2) is 17.3 Å². The second kappa shape index (κ2) is 6.11. The van der Waals surface area contributed by atoms with Gasteiger partial charge in [0, 0.05) is 4.90 Å². The van der Waals surface area contributed by atoms with Gasteiger partial charge >= 0.3 is 0 Å². The lowest BCUT2D eigenvalue weighted by molar-refractivity contribution is 0.392. The topological polar surface area (TPSA) is 48.2 Å². The first-order chi connectivity index (χ1) is 9.85. The highest BCUT2D eigenvalue weighted by Gasteiger charge is 2.09. The Bertz CT molecular complexity index is 663. The van der Waals surface area contributed by atoms with E-state index in [0.29, 0.717) is 17.5 Å². The molecule has 0 N–H and O–H groups in total. The number of ether oxygens (including phenoxy) is 1. The fraction of sp³-hybridized carbons (Fsp3) is 0.143. The number of aromatic nitrogens is 2. The maximum Gasteiger partial charge on any atom is 0.237 e. The SMILES string of the molecule is COc1ccc(SCc2nc(-c3cccs3)no2)cc1. The third-order valence-electron chi connectivity index (χ3n) is 2.63. The summed E-state index contributed by atoms with van der Waals surface area (Å²) in [6, 6.07) is 11.9. The van der Waals surface area contributed by atoms with Crippen LogP contribution >= 0.6 is 23.1 Å². The van der Waals surface area contributed by atoms with Gasteiger partial charge in [0.05, 0.1) is 17.7 Å². The summed E-state index contributed by atoms with van der Waals surface area (Å²) in [5.74, 6) is 2.80. The molecule has 4 nitrogen and oxygen atoms in total. The van der Waals surface area contributed by atoms with Gasteiger partial charge in [0.1, 0.15) is 5.75 Å². The van der Waals surface area contributed by atoms with E-state index in [-0.39, 0.29) is 0 Å². The van der Waals surface area contributed by atoms with E-state index in [2.05, 4.69) is 10.1 Å². The van der Waals surface area contributed by atoms with Crippen LogP contribution in [0, 0.1) is 0 Å². The number of methoxy groups -OCH3 is 1. The first kappa shape index (κ1) is 13.2. The zero-order chi connectivity index (χ0) is 13.8. The molecule has 0 radical (unpaired) electrons. The fourth-order valence-electron chi connectivity index (χ4n) is 1.64. The van der Waals surface area contributed by atoms with Crippen molar-refractivity contribution in [2.75, 3.05) is 7.11 Å². The van der Waals surface area contributed by atoms with Crippen LogP contribution in [0.25, 0.3) is 10.7 Å². The average molecular weight is 304 g/mol. The Balaban J connectivity index is 1.63. The highest BCUT2D eigenvalue weighted by Crippen LogP contribution is 2.26. The van der Waals surface area contributed by atoms with Crippen molar-refractivity contribution in [3.8, 4) is 16.5 Å². The zero-order valence-electron chi connectivity index (χ0n) is 10.8. The van der Waals surface area contributed by atoms with Crippen molar-refractivity contribution in [3.05, 3.63) is 47.7 Å². The molecular formula is C14H12N2O2S2. The van der Waals surface area contributed by atoms with Gasteiger partial charge in [0.25, 0.3) is 0 Å². The molecule has 0 aliphatic rings. The molecule has 0 bridgehead atoms. The highest BCUT2D eigenvalue weighted by atomic mass is 32.2. The minimum absolute atomic E-state index is 0.634. The molecule has 2 heterocycles. The van der Waals surface area contributed by atoms with Crippen molar-refractivity contribution in [2.24, 2.45) is 0 Å². The maximum absolute atomic E-state index is 5.26. The van der Waals surface area contributed by atoms with Gasteiger partial charge in [0.15, 0.2) is 0 Å². The van der Waals surface area contributed by atoms with Crippen LogP contribution in [0.3, 0.4) is 0 Å². The van der Waals surface area contributed by atoms with Gasteiger partial charge in [0.2, 0.25) is 11.7 Å². The molecule has 0 saturated carbocycles. The van der Waals surface area contributed by atoms with E-state index < -0.39 is 0 Å². The number of thioether (sulfide) groups is 1. The molecule has 20 heavy (non-hydrogen) atoms. The minimum atomic E-state index is 0.634. The van der Waals surface area contributed by atoms with Crippen LogP contribution in [0.4, 0.5) is 0 Å². The summed E-state index contributed by atoms with van der Waals surface area (Å²) < 4.78 is 10.4. The molecule has 0 amide bonds. The molecule has 0 spiro atoms. The normalized spacial score (nSPS) is 10.7. The summed E-state index contributed by atoms with van der Waals surface area (Å²) in [4.78, 5) is 6.55. The van der Waals surface area contributed by atoms with Crippen molar-refractivity contribution in [3.63, 3.8) is 0 Å². The van der Waals surface area contributed by atoms with E-state index in [9.17, 15) is 0 Å². The van der Waals surface area contributed by atoms with Crippen LogP contribution in [0.15, 0.2) is 51.2 Å². The Morgan fingerprint density at radius 1 is 1.25 bits per heavy atom. The number of thiophene rings is 1. The molecule has 0 atom stereocenters. The standard InChI is InChI=1S/C14H12N2O2S2/c1-17-10-4-6-11(7-5-10)20-9-13-15-14(16-18-13)12-3-2-8-19-12/h2-8H,9H2,1H3. The molecule has 0 aliphatic carbocycles. The number of hydrogen-bond acceptors (Lipinski definition) is 6. The summed E-state index contributed by atoms with van der Waals surface area (Å²) in [5, 5.41) is 5.99. The van der Waals surface area contributed by atoms with Crippen molar-refractivity contribution < 1.29 is 9.26 Å². The Morgan fingerprint density at radius 2 is 2.10 bits per heavy atom. The Hall–Kier alpha value is -1.79. The first-order valence-corrected chi connectivity index (χ1v) is 7.85. The quantitative estimate of drug-likeness (QED) is 0.664. The molecule has 0 saturated heterocycles. The number of rotatable bonds is 5. The summed E-state index contributed by atoms with van der Waals surface area (Å²) in [6.07, 6.45) is 0. The van der Waals surface area contributed by atoms with Gasteiger partial charge in [-0.3, -0.25) is 0 Å². The molecule has 1 aromatic carbocycles. The number of benzene rings is 1. The minimum Gasteiger partial charge on any atom is -0.497 e. The molecule has 2 aromatic heterocycles. The maximum atomic E-state index is 5.26. The van der Waals surface area contributed by atoms with Crippen LogP contribution in [-0.2, 0) is 5.75 Å². The number of nitrogens with zero attached hydrogens (tertiary/aromatic N) is 2. The predicted octanol–water partition coefficient (Wildman–Crippen LogP) is 4.10. The van der Waals surface area contributed by atoms with E-state index in [1.54, 1.807) is 30.2 Å². The Labute approximate surface area is 124 Å². The van der Waals surface area contributed by atoms with E-state index in [1.807, 2.05) is 41.8 Å². The van der Waals surface area contributed by atoms with Crippen molar-refractivity contribution in [1.29, 1.82) is 0 Å². The smallest absolute Gasteiger partial charge is 0.237 e. The Morgan fingerprint density at radius 3 is 2.80 bits per heavy atom. The van der Waals surface area contributed by atoms with E-state index in [4.69, 9.17) is 9.26 Å². The average Bonchev–Trinajstić information content (AvgIpc) is 3.16. The molecule has 6 heteroatoms. The molecular weight excluding hydrogens is 292 g/mol. The molecule has 0 aliphatic heterocycles. The summed E-state index contributed by atoms with van der Waals surface area (Å²) in [5.41, 5.74) is 0. The fourth-order valence-corrected chi connectivity index (χ4v) is 3.02. The van der Waals surface area contributed by atoms with Gasteiger partial charge in [-0.15, -0.1) is 23.1 Å². The first-order valence-electron chi connectivity index (χ1n) is 5.98. The van der Waals surface area contributed by atoms with E-state index in [1.165, 1.54) is 0 Å². The van der Waals surface area contributed by atoms with Gasteiger partial charge in [-0.2, -0.15) is 4.98 Å². The largest absolute Gasteiger partial charge is 0.497 e. The van der Waals surface area contributed by atoms with Crippen molar-refractivity contribution >= 4 is 23.1 Å². The van der Waals surface area contributed by atoms with Crippen LogP contribution in [0.2, 0.25) is 0 Å². The highest BCUT2D eigenvalue weighted by molar-refractivity contribution is 7.98. The second-order valence-electron chi connectivity index (χ2n) is 3.95. The zero-order valence-corrected chi connectivity index (χ0v) is 12.4. The third-order valence-corrected chi connectivity index (χ3v) is 4.49. The molecule has 0 fully saturated rings. The second-order valence-corrected chi connectivity index (χ2v) is 5.95. The van der Waals surface area contributed by atoms with Crippen molar-refractivity contribution in [2.45, 2.75) is 10.6 Å². The summed E-state index contributed by atoms with van der Waals surface area (Å²) in [6.45, 7) is 0. The summed E-state index contributed by atoms with van der Waals surface area (Å²) in [7, 11) is 1.66. The lowest BCUT2D eigenvalue weighted by Gasteiger charge is -2.01. The van der Waals surface area contributed by atoms with Crippen LogP contribution < -0.4 is 4.74 Å². The third kappa shape index (κ3) is 3.02. The van der Waals surface area contributed by atoms with Crippen molar-refractivity contribution in [1.82, 2.24) is 10.1 Å². The lowest BCUT2D eigenvalue weighted by Crippen LogP contribution is -1.83. The van der Waals surface area contributed by atoms with Gasteiger partial charge in [-0.1, -0.05) is 11.2 Å². The lowest BCUT2D eigenvalue weighted by atomic mass is 10.3. The van der Waals surface area contributed by atoms with E-state index >= 15 is 0 Å².